The quantitative estimate of drug-likeness (QED) is 0.760. The largest absolute Gasteiger partial charge is 0.490 e. The molecule has 2 heterocycles. The van der Waals surface area contributed by atoms with Crippen LogP contribution in [0.25, 0.3) is 0 Å². The summed E-state index contributed by atoms with van der Waals surface area (Å²) in [5, 5.41) is 0.547. The highest BCUT2D eigenvalue weighted by molar-refractivity contribution is 6.30. The molecule has 0 spiro atoms. The predicted octanol–water partition coefficient (Wildman–Crippen LogP) is 2.52. The minimum Gasteiger partial charge on any atom is -0.490 e. The zero-order valence-electron chi connectivity index (χ0n) is 9.74. The third-order valence-electron chi connectivity index (χ3n) is 3.10. The van der Waals surface area contributed by atoms with Gasteiger partial charge in [-0.15, -0.1) is 0 Å². The van der Waals surface area contributed by atoms with Gasteiger partial charge in [0.2, 0.25) is 0 Å². The van der Waals surface area contributed by atoms with Crippen LogP contribution < -0.4 is 4.74 Å². The number of hydrogen-bond donors (Lipinski definition) is 0. The van der Waals surface area contributed by atoms with E-state index in [9.17, 15) is 0 Å². The van der Waals surface area contributed by atoms with Crippen molar-refractivity contribution in [2.75, 3.05) is 20.2 Å². The number of nitrogens with zero attached hydrogens (tertiary/aromatic N) is 2. The molecule has 0 radical (unpaired) electrons. The molecule has 1 atom stereocenters. The third-order valence-corrected chi connectivity index (χ3v) is 3.50. The van der Waals surface area contributed by atoms with Gasteiger partial charge in [0, 0.05) is 6.04 Å². The number of likely N-dealkylation sites (tertiary alicyclic amines) is 1. The summed E-state index contributed by atoms with van der Waals surface area (Å²) >= 11 is 5.86. The number of ether oxygens (including phenoxy) is 1. The Morgan fingerprint density at radius 3 is 3.06 bits per heavy atom. The number of aryl methyl sites for hydroxylation is 1. The van der Waals surface area contributed by atoms with E-state index in [1.165, 1.54) is 19.4 Å². The summed E-state index contributed by atoms with van der Waals surface area (Å²) in [7, 11) is 2.15. The molecule has 0 aliphatic carbocycles. The van der Waals surface area contributed by atoms with Gasteiger partial charge in [-0.3, -0.25) is 0 Å². The van der Waals surface area contributed by atoms with Crippen molar-refractivity contribution < 1.29 is 4.74 Å². The maximum absolute atomic E-state index is 5.86. The smallest absolute Gasteiger partial charge is 0.138 e. The molecule has 2 rings (SSSR count). The standard InChI is InChI=1S/C12H17ClN2O/c1-9-6-11(7-14-12(9)13)16-8-10-4-3-5-15(10)2/h6-7,10H,3-5,8H2,1-2H3/t10-/m1/s1. The molecule has 0 amide bonds. The highest BCUT2D eigenvalue weighted by Gasteiger charge is 2.21. The lowest BCUT2D eigenvalue weighted by Gasteiger charge is -2.19. The van der Waals surface area contributed by atoms with E-state index in [-0.39, 0.29) is 0 Å². The Morgan fingerprint density at radius 1 is 1.62 bits per heavy atom. The van der Waals surface area contributed by atoms with Crippen LogP contribution in [0.1, 0.15) is 18.4 Å². The van der Waals surface area contributed by atoms with Crippen LogP contribution in [0.2, 0.25) is 5.15 Å². The second-order valence-electron chi connectivity index (χ2n) is 4.37. The second-order valence-corrected chi connectivity index (χ2v) is 4.72. The second kappa shape index (κ2) is 5.02. The van der Waals surface area contributed by atoms with Crippen LogP contribution in [0, 0.1) is 6.92 Å². The van der Waals surface area contributed by atoms with Gasteiger partial charge in [0.25, 0.3) is 0 Å². The highest BCUT2D eigenvalue weighted by Crippen LogP contribution is 2.20. The Balaban J connectivity index is 1.91. The number of rotatable bonds is 3. The Labute approximate surface area is 101 Å². The van der Waals surface area contributed by atoms with Gasteiger partial charge >= 0.3 is 0 Å². The Bertz CT molecular complexity index is 370. The molecule has 0 unspecified atom stereocenters. The maximum Gasteiger partial charge on any atom is 0.138 e. The lowest BCUT2D eigenvalue weighted by atomic mass is 10.2. The molecule has 3 nitrogen and oxygen atoms in total. The minimum atomic E-state index is 0.538. The van der Waals surface area contributed by atoms with Gasteiger partial charge in [-0.05, 0) is 45.0 Å². The van der Waals surface area contributed by atoms with Crippen molar-refractivity contribution in [1.82, 2.24) is 9.88 Å². The summed E-state index contributed by atoms with van der Waals surface area (Å²) in [4.78, 5) is 6.41. The van der Waals surface area contributed by atoms with E-state index >= 15 is 0 Å². The molecule has 0 saturated carbocycles. The monoisotopic (exact) mass is 240 g/mol. The first-order valence-corrected chi connectivity index (χ1v) is 6.00. The summed E-state index contributed by atoms with van der Waals surface area (Å²) in [6.45, 7) is 3.84. The van der Waals surface area contributed by atoms with E-state index < -0.39 is 0 Å². The Kier molecular flexibility index (Phi) is 3.66. The normalized spacial score (nSPS) is 21.3. The number of aromatic nitrogens is 1. The fraction of sp³-hybridized carbons (Fsp3) is 0.583. The topological polar surface area (TPSA) is 25.4 Å². The minimum absolute atomic E-state index is 0.538. The maximum atomic E-state index is 5.86. The van der Waals surface area contributed by atoms with Crippen molar-refractivity contribution in [2.24, 2.45) is 0 Å². The van der Waals surface area contributed by atoms with Crippen molar-refractivity contribution in [3.8, 4) is 5.75 Å². The van der Waals surface area contributed by atoms with Gasteiger partial charge < -0.3 is 9.64 Å². The number of halogens is 1. The molecular weight excluding hydrogens is 224 g/mol. The molecule has 1 aromatic heterocycles. The van der Waals surface area contributed by atoms with Crippen LogP contribution in [0.15, 0.2) is 12.3 Å². The molecule has 1 aliphatic heterocycles. The third kappa shape index (κ3) is 2.66. The highest BCUT2D eigenvalue weighted by atomic mass is 35.5. The summed E-state index contributed by atoms with van der Waals surface area (Å²) < 4.78 is 5.73. The van der Waals surface area contributed by atoms with Gasteiger partial charge in [-0.2, -0.15) is 0 Å². The van der Waals surface area contributed by atoms with Crippen molar-refractivity contribution in [3.05, 3.63) is 23.0 Å². The SMILES string of the molecule is Cc1cc(OC[C@H]2CCCN2C)cnc1Cl. The summed E-state index contributed by atoms with van der Waals surface area (Å²) in [6, 6.07) is 2.47. The van der Waals surface area contributed by atoms with Gasteiger partial charge in [0.15, 0.2) is 0 Å². The zero-order chi connectivity index (χ0) is 11.5. The van der Waals surface area contributed by atoms with E-state index in [1.807, 2.05) is 13.0 Å². The fourth-order valence-electron chi connectivity index (χ4n) is 1.99. The van der Waals surface area contributed by atoms with Gasteiger partial charge in [0.1, 0.15) is 17.5 Å². The molecule has 88 valence electrons. The predicted molar refractivity (Wildman–Crippen MR) is 65.1 cm³/mol. The molecular formula is C12H17ClN2O. The number of hydrogen-bond acceptors (Lipinski definition) is 3. The van der Waals surface area contributed by atoms with E-state index in [1.54, 1.807) is 6.20 Å². The molecule has 0 aromatic carbocycles. The first-order chi connectivity index (χ1) is 7.66. The first-order valence-electron chi connectivity index (χ1n) is 5.62. The molecule has 1 saturated heterocycles. The van der Waals surface area contributed by atoms with E-state index in [0.717, 1.165) is 17.9 Å². The van der Waals surface area contributed by atoms with Crippen molar-refractivity contribution >= 4 is 11.6 Å². The average molecular weight is 241 g/mol. The summed E-state index contributed by atoms with van der Waals surface area (Å²) in [5.74, 6) is 0.808. The molecule has 1 aliphatic rings. The average Bonchev–Trinajstić information content (AvgIpc) is 2.66. The van der Waals surface area contributed by atoms with Crippen LogP contribution in [-0.4, -0.2) is 36.1 Å². The van der Waals surface area contributed by atoms with E-state index in [2.05, 4.69) is 16.9 Å². The van der Waals surface area contributed by atoms with Crippen LogP contribution in [0.4, 0.5) is 0 Å². The van der Waals surface area contributed by atoms with Crippen LogP contribution in [-0.2, 0) is 0 Å². The van der Waals surface area contributed by atoms with E-state index in [0.29, 0.717) is 11.2 Å². The molecule has 1 fully saturated rings. The van der Waals surface area contributed by atoms with E-state index in [4.69, 9.17) is 16.3 Å². The molecule has 0 bridgehead atoms. The summed E-state index contributed by atoms with van der Waals surface area (Å²) in [5.41, 5.74) is 0.957. The molecule has 1 aromatic rings. The lowest BCUT2D eigenvalue weighted by Crippen LogP contribution is -2.30. The van der Waals surface area contributed by atoms with Gasteiger partial charge in [-0.1, -0.05) is 11.6 Å². The Hall–Kier alpha value is -0.800. The molecule has 4 heteroatoms. The zero-order valence-corrected chi connectivity index (χ0v) is 10.5. The summed E-state index contributed by atoms with van der Waals surface area (Å²) in [6.07, 6.45) is 4.17. The lowest BCUT2D eigenvalue weighted by molar-refractivity contribution is 0.198. The number of likely N-dealkylation sites (N-methyl/N-ethyl adjacent to an activating group) is 1. The van der Waals surface area contributed by atoms with Crippen molar-refractivity contribution in [3.63, 3.8) is 0 Å². The molecule has 16 heavy (non-hydrogen) atoms. The fourth-order valence-corrected chi connectivity index (χ4v) is 2.10. The van der Waals surface area contributed by atoms with Gasteiger partial charge in [0.05, 0.1) is 6.20 Å². The molecule has 0 N–H and O–H groups in total. The number of pyridine rings is 1. The van der Waals surface area contributed by atoms with Crippen LogP contribution in [0.5, 0.6) is 5.75 Å². The van der Waals surface area contributed by atoms with Crippen molar-refractivity contribution in [1.29, 1.82) is 0 Å². The van der Waals surface area contributed by atoms with Crippen LogP contribution in [0.3, 0.4) is 0 Å². The van der Waals surface area contributed by atoms with Gasteiger partial charge in [-0.25, -0.2) is 4.98 Å². The first kappa shape index (κ1) is 11.7. The van der Waals surface area contributed by atoms with Crippen molar-refractivity contribution in [2.45, 2.75) is 25.8 Å². The Morgan fingerprint density at radius 2 is 2.44 bits per heavy atom. The van der Waals surface area contributed by atoms with Crippen LogP contribution >= 0.6 is 11.6 Å².